The molecule has 64 valence electrons. The highest BCUT2D eigenvalue weighted by Gasteiger charge is 2.12. The first-order valence-corrected chi connectivity index (χ1v) is 3.82. The molecule has 0 aromatic heterocycles. The van der Waals surface area contributed by atoms with E-state index >= 15 is 0 Å². The van der Waals surface area contributed by atoms with E-state index in [0.717, 1.165) is 13.4 Å². The van der Waals surface area contributed by atoms with Gasteiger partial charge in [-0.05, 0) is 0 Å². The van der Waals surface area contributed by atoms with Crippen molar-refractivity contribution in [3.05, 3.63) is 12.8 Å². The quantitative estimate of drug-likeness (QED) is 0.607. The molecule has 0 saturated heterocycles. The van der Waals surface area contributed by atoms with Crippen molar-refractivity contribution < 1.29 is 22.1 Å². The van der Waals surface area contributed by atoms with Crippen molar-refractivity contribution in [1.29, 1.82) is 0 Å². The summed E-state index contributed by atoms with van der Waals surface area (Å²) in [6.07, 6.45) is -0.373. The van der Waals surface area contributed by atoms with E-state index in [1.54, 1.807) is 0 Å². The molecule has 0 heterocycles. The Kier molecular flexibility index (Phi) is 3.55. The van der Waals surface area contributed by atoms with Crippen LogP contribution in [0.2, 0.25) is 0 Å². The molecule has 0 fully saturated rings. The Morgan fingerprint density at radius 3 is 2.55 bits per heavy atom. The van der Waals surface area contributed by atoms with E-state index < -0.39 is 16.4 Å². The number of nitrogens with one attached hydrogen (secondary N) is 1. The van der Waals surface area contributed by atoms with Crippen LogP contribution in [0.4, 0.5) is 4.79 Å². The van der Waals surface area contributed by atoms with E-state index in [4.69, 9.17) is 0 Å². The predicted octanol–water partition coefficient (Wildman–Crippen LogP) is -0.253. The molecule has 0 unspecified atom stereocenters. The summed E-state index contributed by atoms with van der Waals surface area (Å²) < 4.78 is 30.2. The van der Waals surface area contributed by atoms with Crippen molar-refractivity contribution >= 4 is 16.4 Å². The lowest BCUT2D eigenvalue weighted by Gasteiger charge is -2.00. The van der Waals surface area contributed by atoms with Gasteiger partial charge < -0.3 is 4.74 Å². The maximum Gasteiger partial charge on any atom is 0.427 e. The smallest absolute Gasteiger partial charge is 0.418 e. The predicted molar refractivity (Wildman–Crippen MR) is 35.7 cm³/mol. The second-order valence-electron chi connectivity index (χ2n) is 1.29. The minimum Gasteiger partial charge on any atom is -0.418 e. The van der Waals surface area contributed by atoms with Gasteiger partial charge in [-0.3, -0.25) is 4.18 Å². The zero-order valence-electron chi connectivity index (χ0n) is 5.73. The summed E-state index contributed by atoms with van der Waals surface area (Å²) in [4.78, 5) is 10.4. The van der Waals surface area contributed by atoms with Gasteiger partial charge in [0.15, 0.2) is 0 Å². The average Bonchev–Trinajstić information content (AvgIpc) is 1.87. The number of ether oxygens (including phenoxy) is 1. The lowest BCUT2D eigenvalue weighted by atomic mass is 11.1. The summed E-state index contributed by atoms with van der Waals surface area (Å²) in [5.74, 6) is 0. The van der Waals surface area contributed by atoms with Gasteiger partial charge in [-0.1, -0.05) is 6.58 Å². The Balaban J connectivity index is 4.05. The normalized spacial score (nSPS) is 10.3. The van der Waals surface area contributed by atoms with Crippen molar-refractivity contribution in [2.75, 3.05) is 7.11 Å². The standard InChI is InChI=1S/C4H7NO5S/c1-3-10-4(6)5-11(7,8)9-2/h3H,1H2,2H3,(H,5,6). The molecule has 0 aromatic rings. The molecule has 0 aliphatic carbocycles. The molecule has 11 heavy (non-hydrogen) atoms. The van der Waals surface area contributed by atoms with Crippen molar-refractivity contribution in [3.63, 3.8) is 0 Å². The monoisotopic (exact) mass is 181 g/mol. The summed E-state index contributed by atoms with van der Waals surface area (Å²) >= 11 is 0. The summed E-state index contributed by atoms with van der Waals surface area (Å²) in [5.41, 5.74) is 0. The van der Waals surface area contributed by atoms with Gasteiger partial charge in [-0.2, -0.15) is 13.1 Å². The minimum absolute atomic E-state index is 0.792. The molecular formula is C4H7NO5S. The largest absolute Gasteiger partial charge is 0.427 e. The molecule has 6 nitrogen and oxygen atoms in total. The van der Waals surface area contributed by atoms with Crippen LogP contribution in [-0.4, -0.2) is 21.6 Å². The van der Waals surface area contributed by atoms with Gasteiger partial charge in [-0.25, -0.2) is 4.79 Å². The number of amides is 1. The van der Waals surface area contributed by atoms with Crippen LogP contribution in [0.5, 0.6) is 0 Å². The fraction of sp³-hybridized carbons (Fsp3) is 0.250. The Morgan fingerprint density at radius 1 is 1.64 bits per heavy atom. The van der Waals surface area contributed by atoms with Gasteiger partial charge in [0.1, 0.15) is 0 Å². The molecule has 0 aromatic carbocycles. The van der Waals surface area contributed by atoms with Crippen LogP contribution < -0.4 is 4.72 Å². The van der Waals surface area contributed by atoms with Crippen molar-refractivity contribution in [2.24, 2.45) is 0 Å². The van der Waals surface area contributed by atoms with Gasteiger partial charge in [0, 0.05) is 0 Å². The number of carbonyl (C=O) groups excluding carboxylic acids is 1. The second-order valence-corrected chi connectivity index (χ2v) is 2.74. The van der Waals surface area contributed by atoms with Gasteiger partial charge in [0.25, 0.3) is 0 Å². The number of hydrogen-bond donors (Lipinski definition) is 1. The third-order valence-electron chi connectivity index (χ3n) is 0.618. The highest BCUT2D eigenvalue weighted by Crippen LogP contribution is 1.85. The van der Waals surface area contributed by atoms with Crippen LogP contribution in [0, 0.1) is 0 Å². The van der Waals surface area contributed by atoms with E-state index in [9.17, 15) is 13.2 Å². The summed E-state index contributed by atoms with van der Waals surface area (Å²) in [6, 6.07) is 0. The summed E-state index contributed by atoms with van der Waals surface area (Å²) in [6.45, 7) is 3.04. The van der Waals surface area contributed by atoms with Crippen LogP contribution in [0.25, 0.3) is 0 Å². The second kappa shape index (κ2) is 3.94. The Labute approximate surface area is 64.1 Å². The molecule has 0 saturated carbocycles. The van der Waals surface area contributed by atoms with E-state index in [2.05, 4.69) is 15.5 Å². The van der Waals surface area contributed by atoms with Crippen LogP contribution in [0.1, 0.15) is 0 Å². The molecule has 0 radical (unpaired) electrons. The van der Waals surface area contributed by atoms with Crippen molar-refractivity contribution in [1.82, 2.24) is 4.72 Å². The fourth-order valence-corrected chi connectivity index (χ4v) is 0.579. The van der Waals surface area contributed by atoms with Crippen LogP contribution >= 0.6 is 0 Å². The molecular weight excluding hydrogens is 174 g/mol. The first-order valence-electron chi connectivity index (χ1n) is 2.41. The third kappa shape index (κ3) is 4.34. The first kappa shape index (κ1) is 9.92. The maximum absolute atomic E-state index is 10.4. The molecule has 0 aliphatic heterocycles. The van der Waals surface area contributed by atoms with Crippen LogP contribution in [0.15, 0.2) is 12.8 Å². The number of carbonyl (C=O) groups is 1. The SMILES string of the molecule is C=COC(=O)NS(=O)(=O)OC. The van der Waals surface area contributed by atoms with Crippen LogP contribution in [-0.2, 0) is 19.2 Å². The zero-order valence-corrected chi connectivity index (χ0v) is 6.55. The molecule has 0 bridgehead atoms. The third-order valence-corrected chi connectivity index (χ3v) is 1.47. The lowest BCUT2D eigenvalue weighted by molar-refractivity contribution is 0.191. The first-order chi connectivity index (χ1) is 5.02. The summed E-state index contributed by atoms with van der Waals surface area (Å²) in [7, 11) is -3.11. The minimum atomic E-state index is -4.01. The maximum atomic E-state index is 10.4. The average molecular weight is 181 g/mol. The number of hydrogen-bond acceptors (Lipinski definition) is 5. The molecule has 7 heteroatoms. The molecule has 0 aliphatic rings. The molecule has 0 atom stereocenters. The molecule has 0 rings (SSSR count). The summed E-state index contributed by atoms with van der Waals surface area (Å²) in [5, 5.41) is 0. The molecule has 1 N–H and O–H groups in total. The van der Waals surface area contributed by atoms with E-state index in [1.807, 2.05) is 0 Å². The van der Waals surface area contributed by atoms with E-state index in [1.165, 1.54) is 4.72 Å². The van der Waals surface area contributed by atoms with Gasteiger partial charge in [0.2, 0.25) is 0 Å². The van der Waals surface area contributed by atoms with Crippen molar-refractivity contribution in [2.45, 2.75) is 0 Å². The van der Waals surface area contributed by atoms with Gasteiger partial charge in [0.05, 0.1) is 13.4 Å². The molecule has 0 spiro atoms. The van der Waals surface area contributed by atoms with Crippen LogP contribution in [0.3, 0.4) is 0 Å². The van der Waals surface area contributed by atoms with E-state index in [0.29, 0.717) is 0 Å². The number of rotatable bonds is 3. The van der Waals surface area contributed by atoms with Crippen molar-refractivity contribution in [3.8, 4) is 0 Å². The van der Waals surface area contributed by atoms with E-state index in [-0.39, 0.29) is 0 Å². The van der Waals surface area contributed by atoms with Gasteiger partial charge >= 0.3 is 16.4 Å². The highest BCUT2D eigenvalue weighted by molar-refractivity contribution is 7.85. The highest BCUT2D eigenvalue weighted by atomic mass is 32.2. The fourth-order valence-electron chi connectivity index (χ4n) is 0.243. The molecule has 1 amide bonds. The Hall–Kier alpha value is -1.08. The Bertz CT molecular complexity index is 243. The lowest BCUT2D eigenvalue weighted by Crippen LogP contribution is -2.30. The Morgan fingerprint density at radius 2 is 2.18 bits per heavy atom. The zero-order chi connectivity index (χ0) is 8.91. The van der Waals surface area contributed by atoms with Gasteiger partial charge in [-0.15, -0.1) is 0 Å². The topological polar surface area (TPSA) is 81.7 Å².